The second kappa shape index (κ2) is 5.41. The first-order chi connectivity index (χ1) is 7.88. The number of carboxylic acids is 1. The smallest absolute Gasteiger partial charge is 0.306 e. The van der Waals surface area contributed by atoms with Crippen LogP contribution in [0.4, 0.5) is 0 Å². The van der Waals surface area contributed by atoms with Gasteiger partial charge < -0.3 is 9.84 Å². The zero-order chi connectivity index (χ0) is 13.2. The highest BCUT2D eigenvalue weighted by molar-refractivity contribution is 6.33. The summed E-state index contributed by atoms with van der Waals surface area (Å²) < 4.78 is 5.17. The minimum absolute atomic E-state index is 0.420. The van der Waals surface area contributed by atoms with Gasteiger partial charge >= 0.3 is 5.97 Å². The third-order valence-corrected chi connectivity index (χ3v) is 3.44. The van der Waals surface area contributed by atoms with Crippen LogP contribution in [0, 0.1) is 19.8 Å². The van der Waals surface area contributed by atoms with Crippen LogP contribution in [0.2, 0.25) is 5.02 Å². The lowest BCUT2D eigenvalue weighted by atomic mass is 9.93. The molecule has 1 aromatic carbocycles. The number of benzene rings is 1. The standard InChI is InChI=1S/C13H17ClO3/c1-7-6-11(17-4)12(14)9(3)10(7)5-8(2)13(15)16/h6,8H,5H2,1-4H3,(H,15,16). The van der Waals surface area contributed by atoms with E-state index in [1.807, 2.05) is 19.9 Å². The number of aryl methyl sites for hydroxylation is 1. The van der Waals surface area contributed by atoms with Crippen LogP contribution in [0.5, 0.6) is 5.75 Å². The summed E-state index contributed by atoms with van der Waals surface area (Å²) in [6.45, 7) is 5.52. The summed E-state index contributed by atoms with van der Waals surface area (Å²) in [4.78, 5) is 10.9. The second-order valence-electron chi connectivity index (χ2n) is 4.26. The van der Waals surface area contributed by atoms with Crippen LogP contribution in [-0.2, 0) is 11.2 Å². The first kappa shape index (κ1) is 13.8. The van der Waals surface area contributed by atoms with Gasteiger partial charge in [0.05, 0.1) is 18.1 Å². The summed E-state index contributed by atoms with van der Waals surface area (Å²) in [5.41, 5.74) is 2.90. The summed E-state index contributed by atoms with van der Waals surface area (Å²) in [5, 5.41) is 9.50. The van der Waals surface area contributed by atoms with E-state index in [-0.39, 0.29) is 0 Å². The van der Waals surface area contributed by atoms with E-state index in [0.717, 1.165) is 16.7 Å². The molecule has 0 bridgehead atoms. The maximum atomic E-state index is 10.9. The average molecular weight is 257 g/mol. The van der Waals surface area contributed by atoms with Gasteiger partial charge in [0, 0.05) is 0 Å². The first-order valence-electron chi connectivity index (χ1n) is 5.43. The molecule has 1 unspecified atom stereocenters. The van der Waals surface area contributed by atoms with Gasteiger partial charge in [-0.15, -0.1) is 0 Å². The van der Waals surface area contributed by atoms with Gasteiger partial charge in [-0.2, -0.15) is 0 Å². The van der Waals surface area contributed by atoms with Crippen LogP contribution >= 0.6 is 11.6 Å². The van der Waals surface area contributed by atoms with Crippen molar-refractivity contribution in [2.45, 2.75) is 27.2 Å². The van der Waals surface area contributed by atoms with Gasteiger partial charge in [-0.05, 0) is 43.0 Å². The van der Waals surface area contributed by atoms with Crippen molar-refractivity contribution in [2.75, 3.05) is 7.11 Å². The van der Waals surface area contributed by atoms with Gasteiger partial charge in [0.1, 0.15) is 5.75 Å². The van der Waals surface area contributed by atoms with E-state index in [1.54, 1.807) is 14.0 Å². The fraction of sp³-hybridized carbons (Fsp3) is 0.462. The molecule has 3 nitrogen and oxygen atoms in total. The predicted octanol–water partition coefficient (Wildman–Crippen LogP) is 3.23. The molecule has 0 aliphatic carbocycles. The number of carbonyl (C=O) groups is 1. The average Bonchev–Trinajstić information content (AvgIpc) is 2.28. The third-order valence-electron chi connectivity index (χ3n) is 2.97. The first-order valence-corrected chi connectivity index (χ1v) is 5.81. The quantitative estimate of drug-likeness (QED) is 0.900. The molecule has 0 fully saturated rings. The van der Waals surface area contributed by atoms with E-state index in [0.29, 0.717) is 17.2 Å². The number of ether oxygens (including phenoxy) is 1. The lowest BCUT2D eigenvalue weighted by Gasteiger charge is -2.16. The van der Waals surface area contributed by atoms with Crippen molar-refractivity contribution in [3.05, 3.63) is 27.8 Å². The van der Waals surface area contributed by atoms with Crippen LogP contribution in [0.1, 0.15) is 23.6 Å². The highest BCUT2D eigenvalue weighted by Crippen LogP contribution is 2.33. The lowest BCUT2D eigenvalue weighted by Crippen LogP contribution is -2.14. The number of rotatable bonds is 4. The molecule has 0 saturated carbocycles. The Hall–Kier alpha value is -1.22. The fourth-order valence-corrected chi connectivity index (χ4v) is 2.06. The number of hydrogen-bond donors (Lipinski definition) is 1. The third kappa shape index (κ3) is 2.91. The van der Waals surface area contributed by atoms with Gasteiger partial charge in [-0.3, -0.25) is 4.79 Å². The van der Waals surface area contributed by atoms with Gasteiger partial charge in [0.25, 0.3) is 0 Å². The van der Waals surface area contributed by atoms with Crippen LogP contribution < -0.4 is 4.74 Å². The Morgan fingerprint density at radius 3 is 2.59 bits per heavy atom. The molecule has 0 aliphatic heterocycles. The van der Waals surface area contributed by atoms with E-state index < -0.39 is 11.9 Å². The van der Waals surface area contributed by atoms with Crippen LogP contribution in [0.3, 0.4) is 0 Å². The molecule has 1 N–H and O–H groups in total. The second-order valence-corrected chi connectivity index (χ2v) is 4.63. The molecule has 0 amide bonds. The molecule has 0 heterocycles. The Morgan fingerprint density at radius 1 is 1.53 bits per heavy atom. The Morgan fingerprint density at radius 2 is 2.12 bits per heavy atom. The molecule has 17 heavy (non-hydrogen) atoms. The number of methoxy groups -OCH3 is 1. The van der Waals surface area contributed by atoms with Crippen molar-refractivity contribution in [1.29, 1.82) is 0 Å². The van der Waals surface area contributed by atoms with Gasteiger partial charge in [0.2, 0.25) is 0 Å². The van der Waals surface area contributed by atoms with Crippen molar-refractivity contribution < 1.29 is 14.6 Å². The normalized spacial score (nSPS) is 12.3. The molecule has 4 heteroatoms. The number of hydrogen-bond acceptors (Lipinski definition) is 2. The largest absolute Gasteiger partial charge is 0.495 e. The molecule has 0 saturated heterocycles. The Labute approximate surface area is 106 Å². The number of aliphatic carboxylic acids is 1. The maximum absolute atomic E-state index is 10.9. The molecule has 0 aliphatic rings. The van der Waals surface area contributed by atoms with E-state index in [2.05, 4.69) is 0 Å². The highest BCUT2D eigenvalue weighted by atomic mass is 35.5. The topological polar surface area (TPSA) is 46.5 Å². The van der Waals surface area contributed by atoms with E-state index in [9.17, 15) is 4.79 Å². The number of halogens is 1. The monoisotopic (exact) mass is 256 g/mol. The van der Waals surface area contributed by atoms with Gasteiger partial charge in [-0.25, -0.2) is 0 Å². The zero-order valence-corrected chi connectivity index (χ0v) is 11.3. The van der Waals surface area contributed by atoms with Crippen molar-refractivity contribution in [2.24, 2.45) is 5.92 Å². The van der Waals surface area contributed by atoms with Crippen LogP contribution in [0.15, 0.2) is 6.07 Å². The van der Waals surface area contributed by atoms with E-state index in [1.165, 1.54) is 0 Å². The summed E-state index contributed by atoms with van der Waals surface area (Å²) in [6, 6.07) is 1.85. The van der Waals surface area contributed by atoms with Crippen molar-refractivity contribution in [3.63, 3.8) is 0 Å². The van der Waals surface area contributed by atoms with Crippen molar-refractivity contribution in [1.82, 2.24) is 0 Å². The summed E-state index contributed by atoms with van der Waals surface area (Å²) in [6.07, 6.45) is 0.483. The Balaban J connectivity index is 3.17. The lowest BCUT2D eigenvalue weighted by molar-refractivity contribution is -0.141. The molecule has 1 atom stereocenters. The van der Waals surface area contributed by atoms with E-state index >= 15 is 0 Å². The molecule has 1 aromatic rings. The summed E-state index contributed by atoms with van der Waals surface area (Å²) in [5.74, 6) is -0.582. The molecule has 0 aromatic heterocycles. The molecule has 0 radical (unpaired) electrons. The van der Waals surface area contributed by atoms with Gasteiger partial charge in [0.15, 0.2) is 0 Å². The molecular formula is C13H17ClO3. The van der Waals surface area contributed by atoms with Crippen molar-refractivity contribution in [3.8, 4) is 5.75 Å². The van der Waals surface area contributed by atoms with Crippen LogP contribution in [-0.4, -0.2) is 18.2 Å². The minimum Gasteiger partial charge on any atom is -0.495 e. The zero-order valence-electron chi connectivity index (χ0n) is 10.5. The fourth-order valence-electron chi connectivity index (χ4n) is 1.82. The molecule has 94 valence electrons. The summed E-state index contributed by atoms with van der Waals surface area (Å²) in [7, 11) is 1.57. The van der Waals surface area contributed by atoms with Gasteiger partial charge in [-0.1, -0.05) is 18.5 Å². The Kier molecular flexibility index (Phi) is 4.40. The van der Waals surface area contributed by atoms with Crippen molar-refractivity contribution >= 4 is 17.6 Å². The number of carboxylic acid groups (broad SMARTS) is 1. The summed E-state index contributed by atoms with van der Waals surface area (Å²) >= 11 is 6.16. The van der Waals surface area contributed by atoms with Crippen LogP contribution in [0.25, 0.3) is 0 Å². The Bertz CT molecular complexity index is 441. The predicted molar refractivity (Wildman–Crippen MR) is 68.0 cm³/mol. The van der Waals surface area contributed by atoms with E-state index in [4.69, 9.17) is 21.4 Å². The molecule has 1 rings (SSSR count). The SMILES string of the molecule is COc1cc(C)c(CC(C)C(=O)O)c(C)c1Cl. The molecular weight excluding hydrogens is 240 g/mol. The maximum Gasteiger partial charge on any atom is 0.306 e. The molecule has 0 spiro atoms. The highest BCUT2D eigenvalue weighted by Gasteiger charge is 2.17. The minimum atomic E-state index is -0.796.